The van der Waals surface area contributed by atoms with Crippen LogP contribution in [0.2, 0.25) is 0 Å². The summed E-state index contributed by atoms with van der Waals surface area (Å²) in [6.45, 7) is 1.46. The number of hydrogen-bond donors (Lipinski definition) is 0. The van der Waals surface area contributed by atoms with Gasteiger partial charge >= 0.3 is 5.97 Å². The van der Waals surface area contributed by atoms with Gasteiger partial charge in [-0.1, -0.05) is 30.3 Å². The molecule has 130 valence electrons. The Hall–Kier alpha value is -2.75. The third kappa shape index (κ3) is 4.63. The monoisotopic (exact) mass is 337 g/mol. The van der Waals surface area contributed by atoms with Crippen LogP contribution in [-0.2, 0) is 22.7 Å². The first-order chi connectivity index (χ1) is 12.3. The first-order valence-corrected chi connectivity index (χ1v) is 8.59. The second-order valence-corrected chi connectivity index (χ2v) is 6.04. The van der Waals surface area contributed by atoms with Crippen LogP contribution in [0.15, 0.2) is 60.8 Å². The summed E-state index contributed by atoms with van der Waals surface area (Å²) in [5, 5.41) is 1.17. The lowest BCUT2D eigenvalue weighted by molar-refractivity contribution is -0.140. The molecule has 0 unspecified atom stereocenters. The molecule has 0 saturated heterocycles. The number of methoxy groups -OCH3 is 1. The van der Waals surface area contributed by atoms with Gasteiger partial charge in [-0.05, 0) is 42.7 Å². The highest BCUT2D eigenvalue weighted by Crippen LogP contribution is 2.23. The maximum atomic E-state index is 11.1. The summed E-state index contributed by atoms with van der Waals surface area (Å²) in [6, 6.07) is 18.4. The number of fused-ring (bicyclic) bond motifs is 1. The van der Waals surface area contributed by atoms with Crippen LogP contribution in [0, 0.1) is 0 Å². The topological polar surface area (TPSA) is 40.5 Å². The average molecular weight is 337 g/mol. The van der Waals surface area contributed by atoms with Crippen molar-refractivity contribution < 1.29 is 14.3 Å². The average Bonchev–Trinajstić information content (AvgIpc) is 3.06. The Morgan fingerprint density at radius 2 is 1.88 bits per heavy atom. The van der Waals surface area contributed by atoms with Gasteiger partial charge in [0.2, 0.25) is 0 Å². The van der Waals surface area contributed by atoms with Gasteiger partial charge < -0.3 is 14.0 Å². The van der Waals surface area contributed by atoms with Crippen LogP contribution in [0.25, 0.3) is 10.9 Å². The highest BCUT2D eigenvalue weighted by atomic mass is 16.5. The van der Waals surface area contributed by atoms with Crippen LogP contribution in [-0.4, -0.2) is 17.6 Å². The number of carbonyl (C=O) groups is 1. The van der Waals surface area contributed by atoms with Crippen LogP contribution >= 0.6 is 0 Å². The number of unbranched alkanes of at least 4 members (excludes halogenated alkanes) is 1. The van der Waals surface area contributed by atoms with Crippen molar-refractivity contribution in [2.45, 2.75) is 32.4 Å². The summed E-state index contributed by atoms with van der Waals surface area (Å²) in [5.74, 6) is 0.734. The number of carbonyl (C=O) groups excluding carboxylic acids is 1. The van der Waals surface area contributed by atoms with E-state index in [2.05, 4.69) is 45.8 Å². The van der Waals surface area contributed by atoms with E-state index in [9.17, 15) is 4.79 Å². The zero-order valence-electron chi connectivity index (χ0n) is 14.5. The van der Waals surface area contributed by atoms with Crippen molar-refractivity contribution in [2.75, 3.05) is 7.11 Å². The molecule has 0 bridgehead atoms. The third-order valence-corrected chi connectivity index (χ3v) is 4.25. The number of ether oxygens (including phenoxy) is 2. The number of esters is 1. The molecule has 0 aliphatic carbocycles. The largest absolute Gasteiger partial charge is 0.489 e. The van der Waals surface area contributed by atoms with Crippen molar-refractivity contribution in [2.24, 2.45) is 0 Å². The van der Waals surface area contributed by atoms with Crippen LogP contribution in [0.5, 0.6) is 5.75 Å². The molecule has 4 nitrogen and oxygen atoms in total. The molecule has 0 atom stereocenters. The lowest BCUT2D eigenvalue weighted by Gasteiger charge is -2.08. The van der Waals surface area contributed by atoms with E-state index in [1.165, 1.54) is 18.0 Å². The minimum atomic E-state index is -0.141. The van der Waals surface area contributed by atoms with Crippen LogP contribution < -0.4 is 4.74 Å². The van der Waals surface area contributed by atoms with E-state index in [1.807, 2.05) is 24.3 Å². The maximum Gasteiger partial charge on any atom is 0.305 e. The zero-order valence-corrected chi connectivity index (χ0v) is 14.5. The molecule has 25 heavy (non-hydrogen) atoms. The Morgan fingerprint density at radius 1 is 1.04 bits per heavy atom. The van der Waals surface area contributed by atoms with Gasteiger partial charge in [0.25, 0.3) is 0 Å². The molecule has 0 saturated carbocycles. The fourth-order valence-corrected chi connectivity index (χ4v) is 2.86. The number of aromatic nitrogens is 1. The van der Waals surface area contributed by atoms with E-state index >= 15 is 0 Å². The zero-order chi connectivity index (χ0) is 17.5. The van der Waals surface area contributed by atoms with Gasteiger partial charge in [0, 0.05) is 30.1 Å². The van der Waals surface area contributed by atoms with Gasteiger partial charge in [0.15, 0.2) is 0 Å². The first-order valence-electron chi connectivity index (χ1n) is 8.59. The van der Waals surface area contributed by atoms with Crippen molar-refractivity contribution in [1.82, 2.24) is 4.57 Å². The molecule has 0 radical (unpaired) electrons. The van der Waals surface area contributed by atoms with Gasteiger partial charge in [-0.25, -0.2) is 0 Å². The van der Waals surface area contributed by atoms with E-state index in [4.69, 9.17) is 4.74 Å². The molecular weight excluding hydrogens is 314 g/mol. The maximum absolute atomic E-state index is 11.1. The van der Waals surface area contributed by atoms with Crippen molar-refractivity contribution in [3.8, 4) is 5.75 Å². The highest BCUT2D eigenvalue weighted by molar-refractivity contribution is 5.81. The van der Waals surface area contributed by atoms with Gasteiger partial charge in [0.1, 0.15) is 12.4 Å². The van der Waals surface area contributed by atoms with Crippen molar-refractivity contribution in [3.05, 3.63) is 66.4 Å². The fourth-order valence-electron chi connectivity index (χ4n) is 2.86. The number of aryl methyl sites for hydroxylation is 1. The van der Waals surface area contributed by atoms with Gasteiger partial charge in [0.05, 0.1) is 7.11 Å². The quantitative estimate of drug-likeness (QED) is 0.447. The molecule has 0 aliphatic rings. The first kappa shape index (κ1) is 17.1. The molecule has 3 rings (SSSR count). The molecule has 0 aliphatic heterocycles. The second kappa shape index (κ2) is 8.38. The smallest absolute Gasteiger partial charge is 0.305 e. The number of rotatable bonds is 8. The van der Waals surface area contributed by atoms with Crippen molar-refractivity contribution in [1.29, 1.82) is 0 Å². The molecule has 1 heterocycles. The lowest BCUT2D eigenvalue weighted by atomic mass is 10.2. The van der Waals surface area contributed by atoms with Crippen LogP contribution in [0.3, 0.4) is 0 Å². The Bertz CT molecular complexity index is 824. The van der Waals surface area contributed by atoms with E-state index in [-0.39, 0.29) is 5.97 Å². The summed E-state index contributed by atoms with van der Waals surface area (Å²) in [6.07, 6.45) is 4.35. The number of nitrogens with zero attached hydrogens (tertiary/aromatic N) is 1. The summed E-state index contributed by atoms with van der Waals surface area (Å²) >= 11 is 0. The Labute approximate surface area is 148 Å². The molecule has 0 N–H and O–H groups in total. The van der Waals surface area contributed by atoms with Crippen molar-refractivity contribution in [3.63, 3.8) is 0 Å². The normalized spacial score (nSPS) is 10.8. The van der Waals surface area contributed by atoms with Gasteiger partial charge in [-0.2, -0.15) is 0 Å². The predicted molar refractivity (Wildman–Crippen MR) is 98.6 cm³/mol. The molecule has 4 heteroatoms. The number of benzene rings is 2. The van der Waals surface area contributed by atoms with Gasteiger partial charge in [-0.15, -0.1) is 0 Å². The SMILES string of the molecule is COC(=O)CCCCn1ccc2cc(OCc3ccccc3)ccc21. The summed E-state index contributed by atoms with van der Waals surface area (Å²) in [4.78, 5) is 11.1. The summed E-state index contributed by atoms with van der Waals surface area (Å²) in [5.41, 5.74) is 2.34. The summed E-state index contributed by atoms with van der Waals surface area (Å²) < 4.78 is 12.8. The minimum Gasteiger partial charge on any atom is -0.489 e. The van der Waals surface area contributed by atoms with E-state index in [1.54, 1.807) is 0 Å². The molecule has 0 amide bonds. The fraction of sp³-hybridized carbons (Fsp3) is 0.286. The van der Waals surface area contributed by atoms with E-state index in [0.29, 0.717) is 13.0 Å². The van der Waals surface area contributed by atoms with Gasteiger partial charge in [-0.3, -0.25) is 4.79 Å². The minimum absolute atomic E-state index is 0.141. The molecule has 0 spiro atoms. The second-order valence-electron chi connectivity index (χ2n) is 6.04. The van der Waals surface area contributed by atoms with E-state index in [0.717, 1.165) is 30.7 Å². The predicted octanol–water partition coefficient (Wildman–Crippen LogP) is 4.56. The Kier molecular flexibility index (Phi) is 5.73. The molecule has 0 fully saturated rings. The highest BCUT2D eigenvalue weighted by Gasteiger charge is 2.05. The molecule has 3 aromatic rings. The standard InChI is InChI=1S/C21H23NO3/c1-24-21(23)9-5-6-13-22-14-12-18-15-19(10-11-20(18)22)25-16-17-7-3-2-4-8-17/h2-4,7-8,10-12,14-15H,5-6,9,13,16H2,1H3. The van der Waals surface area contributed by atoms with Crippen LogP contribution in [0.1, 0.15) is 24.8 Å². The van der Waals surface area contributed by atoms with Crippen LogP contribution in [0.4, 0.5) is 0 Å². The molecular formula is C21H23NO3. The third-order valence-electron chi connectivity index (χ3n) is 4.25. The Morgan fingerprint density at radius 3 is 2.68 bits per heavy atom. The molecule has 1 aromatic heterocycles. The Balaban J connectivity index is 1.58. The van der Waals surface area contributed by atoms with E-state index < -0.39 is 0 Å². The summed E-state index contributed by atoms with van der Waals surface area (Å²) in [7, 11) is 1.43. The number of hydrogen-bond acceptors (Lipinski definition) is 3. The van der Waals surface area contributed by atoms with Crippen molar-refractivity contribution >= 4 is 16.9 Å². The molecule has 2 aromatic carbocycles. The lowest BCUT2D eigenvalue weighted by Crippen LogP contribution is -2.01.